The van der Waals surface area contributed by atoms with E-state index in [4.69, 9.17) is 5.73 Å². The highest BCUT2D eigenvalue weighted by Gasteiger charge is 2.20. The van der Waals surface area contributed by atoms with Gasteiger partial charge in [-0.25, -0.2) is 4.68 Å². The number of nitrogens with two attached hydrogens (primary N) is 1. The Morgan fingerprint density at radius 2 is 2.00 bits per heavy atom. The van der Waals surface area contributed by atoms with Crippen molar-refractivity contribution in [1.82, 2.24) is 9.78 Å². The number of aromatic nitrogens is 2. The minimum atomic E-state index is 0.823. The summed E-state index contributed by atoms with van der Waals surface area (Å²) in [6.45, 7) is 6.08. The first kappa shape index (κ1) is 13.2. The van der Waals surface area contributed by atoms with Gasteiger partial charge < -0.3 is 10.6 Å². The van der Waals surface area contributed by atoms with E-state index in [-0.39, 0.29) is 0 Å². The first-order valence-corrected chi connectivity index (χ1v) is 7.17. The van der Waals surface area contributed by atoms with Gasteiger partial charge in [0, 0.05) is 20.1 Å². The Morgan fingerprint density at radius 1 is 1.33 bits per heavy atom. The molecule has 0 spiro atoms. The Morgan fingerprint density at radius 3 is 2.61 bits per heavy atom. The molecule has 1 aromatic rings. The molecule has 1 aromatic heterocycles. The Labute approximate surface area is 110 Å². The van der Waals surface area contributed by atoms with Crippen molar-refractivity contribution in [2.24, 2.45) is 5.92 Å². The van der Waals surface area contributed by atoms with Crippen LogP contribution in [0.1, 0.15) is 44.7 Å². The summed E-state index contributed by atoms with van der Waals surface area (Å²) < 4.78 is 2.02. The Bertz CT molecular complexity index is 391. The Balaban J connectivity index is 2.09. The van der Waals surface area contributed by atoms with Crippen LogP contribution in [0.15, 0.2) is 0 Å². The van der Waals surface area contributed by atoms with Gasteiger partial charge >= 0.3 is 0 Å². The summed E-state index contributed by atoms with van der Waals surface area (Å²) in [5, 5.41) is 4.49. The lowest BCUT2D eigenvalue weighted by molar-refractivity contribution is 0.360. The fourth-order valence-electron chi connectivity index (χ4n) is 3.05. The lowest BCUT2D eigenvalue weighted by Gasteiger charge is -2.28. The van der Waals surface area contributed by atoms with E-state index >= 15 is 0 Å². The zero-order chi connectivity index (χ0) is 13.1. The monoisotopic (exact) mass is 250 g/mol. The predicted octanol–water partition coefficient (Wildman–Crippen LogP) is 2.81. The zero-order valence-corrected chi connectivity index (χ0v) is 11.9. The number of anilines is 2. The van der Waals surface area contributed by atoms with Gasteiger partial charge in [-0.1, -0.05) is 19.3 Å². The molecule has 18 heavy (non-hydrogen) atoms. The average molecular weight is 250 g/mol. The molecular formula is C14H26N4. The van der Waals surface area contributed by atoms with Crippen LogP contribution in [0.2, 0.25) is 0 Å². The molecule has 0 bridgehead atoms. The van der Waals surface area contributed by atoms with Gasteiger partial charge in [-0.15, -0.1) is 0 Å². The van der Waals surface area contributed by atoms with E-state index in [1.54, 1.807) is 0 Å². The fraction of sp³-hybridized carbons (Fsp3) is 0.786. The van der Waals surface area contributed by atoms with Gasteiger partial charge in [0.1, 0.15) is 5.82 Å². The third-order valence-corrected chi connectivity index (χ3v) is 4.06. The van der Waals surface area contributed by atoms with E-state index in [2.05, 4.69) is 24.0 Å². The average Bonchev–Trinajstić information content (AvgIpc) is 2.66. The molecule has 0 aliphatic heterocycles. The lowest BCUT2D eigenvalue weighted by atomic mass is 9.89. The van der Waals surface area contributed by atoms with E-state index in [0.29, 0.717) is 0 Å². The second kappa shape index (κ2) is 5.63. The Kier molecular flexibility index (Phi) is 4.15. The van der Waals surface area contributed by atoms with Crippen LogP contribution >= 0.6 is 0 Å². The highest BCUT2D eigenvalue weighted by molar-refractivity contribution is 5.65. The quantitative estimate of drug-likeness (QED) is 0.894. The van der Waals surface area contributed by atoms with Crippen molar-refractivity contribution in [3.8, 4) is 0 Å². The molecule has 2 N–H and O–H groups in total. The minimum absolute atomic E-state index is 0.823. The van der Waals surface area contributed by atoms with Crippen LogP contribution in [-0.2, 0) is 6.54 Å². The lowest BCUT2D eigenvalue weighted by Crippen LogP contribution is -2.29. The van der Waals surface area contributed by atoms with E-state index < -0.39 is 0 Å². The molecule has 0 unspecified atom stereocenters. The van der Waals surface area contributed by atoms with Crippen molar-refractivity contribution in [2.75, 3.05) is 24.2 Å². The molecule has 4 heteroatoms. The van der Waals surface area contributed by atoms with Crippen LogP contribution in [0.3, 0.4) is 0 Å². The summed E-state index contributed by atoms with van der Waals surface area (Å²) in [4.78, 5) is 2.30. The van der Waals surface area contributed by atoms with Crippen LogP contribution in [-0.4, -0.2) is 23.4 Å². The third kappa shape index (κ3) is 2.62. The maximum Gasteiger partial charge on any atom is 0.150 e. The molecule has 0 atom stereocenters. The topological polar surface area (TPSA) is 47.1 Å². The summed E-state index contributed by atoms with van der Waals surface area (Å²) in [6.07, 6.45) is 6.92. The normalized spacial score (nSPS) is 17.1. The summed E-state index contributed by atoms with van der Waals surface area (Å²) in [7, 11) is 2.15. The molecule has 0 saturated heterocycles. The van der Waals surface area contributed by atoms with E-state index in [1.165, 1.54) is 32.1 Å². The molecule has 0 radical (unpaired) electrons. The first-order valence-electron chi connectivity index (χ1n) is 7.17. The number of nitrogen functional groups attached to an aromatic ring is 1. The van der Waals surface area contributed by atoms with Crippen molar-refractivity contribution in [2.45, 2.75) is 52.5 Å². The number of hydrogen-bond donors (Lipinski definition) is 1. The molecular weight excluding hydrogens is 224 g/mol. The third-order valence-electron chi connectivity index (χ3n) is 4.06. The standard InChI is InChI=1S/C14H26N4/c1-4-18-14(13(15)11(2)16-18)17(3)10-12-8-6-5-7-9-12/h12H,4-10,15H2,1-3H3. The minimum Gasteiger partial charge on any atom is -0.394 e. The van der Waals surface area contributed by atoms with E-state index in [9.17, 15) is 0 Å². The van der Waals surface area contributed by atoms with Gasteiger partial charge in [0.25, 0.3) is 0 Å². The number of aryl methyl sites for hydroxylation is 2. The van der Waals surface area contributed by atoms with Crippen molar-refractivity contribution in [1.29, 1.82) is 0 Å². The molecule has 1 heterocycles. The second-order valence-electron chi connectivity index (χ2n) is 5.52. The van der Waals surface area contributed by atoms with Gasteiger partial charge in [0.15, 0.2) is 0 Å². The summed E-state index contributed by atoms with van der Waals surface area (Å²) in [6, 6.07) is 0. The SMILES string of the molecule is CCn1nc(C)c(N)c1N(C)CC1CCCCC1. The molecule has 1 aliphatic carbocycles. The maximum absolute atomic E-state index is 6.16. The molecule has 102 valence electrons. The van der Waals surface area contributed by atoms with Crippen molar-refractivity contribution < 1.29 is 0 Å². The zero-order valence-electron chi connectivity index (χ0n) is 11.9. The second-order valence-corrected chi connectivity index (χ2v) is 5.52. The smallest absolute Gasteiger partial charge is 0.150 e. The Hall–Kier alpha value is -1.19. The van der Waals surface area contributed by atoms with Crippen LogP contribution < -0.4 is 10.6 Å². The van der Waals surface area contributed by atoms with Crippen molar-refractivity contribution in [3.63, 3.8) is 0 Å². The molecule has 1 aliphatic rings. The van der Waals surface area contributed by atoms with Gasteiger partial charge in [0.2, 0.25) is 0 Å². The van der Waals surface area contributed by atoms with Crippen molar-refractivity contribution in [3.05, 3.63) is 5.69 Å². The summed E-state index contributed by atoms with van der Waals surface area (Å²) in [5.74, 6) is 1.92. The first-order chi connectivity index (χ1) is 8.63. The number of hydrogen-bond acceptors (Lipinski definition) is 3. The van der Waals surface area contributed by atoms with Gasteiger partial charge in [-0.05, 0) is 32.6 Å². The number of rotatable bonds is 4. The van der Waals surface area contributed by atoms with Crippen LogP contribution in [0, 0.1) is 12.8 Å². The summed E-state index contributed by atoms with van der Waals surface area (Å²) in [5.41, 5.74) is 7.95. The molecule has 1 fully saturated rings. The summed E-state index contributed by atoms with van der Waals surface area (Å²) >= 11 is 0. The fourth-order valence-corrected chi connectivity index (χ4v) is 3.05. The molecule has 0 amide bonds. The maximum atomic E-state index is 6.16. The number of nitrogens with zero attached hydrogens (tertiary/aromatic N) is 3. The molecule has 2 rings (SSSR count). The van der Waals surface area contributed by atoms with Gasteiger partial charge in [-0.2, -0.15) is 5.10 Å². The largest absolute Gasteiger partial charge is 0.394 e. The van der Waals surface area contributed by atoms with Crippen molar-refractivity contribution >= 4 is 11.5 Å². The van der Waals surface area contributed by atoms with Gasteiger partial charge in [-0.3, -0.25) is 0 Å². The molecule has 4 nitrogen and oxygen atoms in total. The predicted molar refractivity (Wildman–Crippen MR) is 76.9 cm³/mol. The van der Waals surface area contributed by atoms with Crippen LogP contribution in [0.5, 0.6) is 0 Å². The van der Waals surface area contributed by atoms with Crippen LogP contribution in [0.25, 0.3) is 0 Å². The highest BCUT2D eigenvalue weighted by Crippen LogP contribution is 2.29. The molecule has 1 saturated carbocycles. The van der Waals surface area contributed by atoms with E-state index in [0.717, 1.165) is 36.2 Å². The van der Waals surface area contributed by atoms with Gasteiger partial charge in [0.05, 0.1) is 11.4 Å². The highest BCUT2D eigenvalue weighted by atomic mass is 15.4. The van der Waals surface area contributed by atoms with Crippen LogP contribution in [0.4, 0.5) is 11.5 Å². The van der Waals surface area contributed by atoms with E-state index in [1.807, 2.05) is 11.6 Å². The molecule has 0 aromatic carbocycles.